The number of phenolic OH excluding ortho intramolecular Hbond substituents is 1. The van der Waals surface area contributed by atoms with Gasteiger partial charge < -0.3 is 15.5 Å². The summed E-state index contributed by atoms with van der Waals surface area (Å²) in [7, 11) is 0. The molecule has 0 fully saturated rings. The highest BCUT2D eigenvalue weighted by Gasteiger charge is 2.17. The maximum Gasteiger partial charge on any atom is 0.255 e. The van der Waals surface area contributed by atoms with E-state index in [1.807, 2.05) is 30.3 Å². The van der Waals surface area contributed by atoms with Crippen molar-refractivity contribution in [1.82, 2.24) is 5.32 Å². The van der Waals surface area contributed by atoms with Crippen molar-refractivity contribution in [2.24, 2.45) is 0 Å². The Bertz CT molecular complexity index is 601. The molecule has 0 aliphatic rings. The van der Waals surface area contributed by atoms with Crippen molar-refractivity contribution in [1.29, 1.82) is 0 Å². The normalized spacial score (nSPS) is 11.9. The van der Waals surface area contributed by atoms with Gasteiger partial charge in [0.2, 0.25) is 0 Å². The Balaban J connectivity index is 2.20. The van der Waals surface area contributed by atoms with E-state index in [1.54, 1.807) is 12.1 Å². The Kier molecular flexibility index (Phi) is 4.97. The summed E-state index contributed by atoms with van der Waals surface area (Å²) in [6.45, 7) is -0.208. The molecule has 0 bridgehead atoms. The molecule has 2 rings (SSSR count). The van der Waals surface area contributed by atoms with Gasteiger partial charge in [-0.15, -0.1) is 0 Å². The number of hydrogen-bond donors (Lipinski definition) is 3. The molecule has 20 heavy (non-hydrogen) atoms. The number of aliphatic hydroxyl groups excluding tert-OH is 1. The number of amides is 1. The van der Waals surface area contributed by atoms with Crippen LogP contribution < -0.4 is 5.32 Å². The van der Waals surface area contributed by atoms with Gasteiger partial charge in [0.25, 0.3) is 5.91 Å². The third-order valence-electron chi connectivity index (χ3n) is 2.89. The topological polar surface area (TPSA) is 69.6 Å². The average Bonchev–Trinajstić information content (AvgIpc) is 2.48. The first-order chi connectivity index (χ1) is 9.61. The lowest BCUT2D eigenvalue weighted by Gasteiger charge is -2.17. The maximum atomic E-state index is 12.2. The lowest BCUT2D eigenvalue weighted by molar-refractivity contribution is 0.0913. The van der Waals surface area contributed by atoms with E-state index in [2.05, 4.69) is 27.9 Å². The van der Waals surface area contributed by atoms with Crippen molar-refractivity contribution in [3.05, 3.63) is 63.2 Å². The van der Waals surface area contributed by atoms with Gasteiger partial charge in [0, 0.05) is 3.57 Å². The second kappa shape index (κ2) is 6.71. The van der Waals surface area contributed by atoms with Gasteiger partial charge in [-0.3, -0.25) is 4.79 Å². The first kappa shape index (κ1) is 14.8. The second-order valence-electron chi connectivity index (χ2n) is 4.28. The fourth-order valence-electron chi connectivity index (χ4n) is 1.85. The molecule has 0 spiro atoms. The van der Waals surface area contributed by atoms with E-state index in [1.165, 1.54) is 6.07 Å². The zero-order chi connectivity index (χ0) is 14.5. The SMILES string of the molecule is O=C(NC(CO)c1ccccc1)c1cc(I)ccc1O. The molecule has 0 aliphatic heterocycles. The molecular formula is C15H14INO3. The fourth-order valence-corrected chi connectivity index (χ4v) is 2.34. The first-order valence-corrected chi connectivity index (χ1v) is 7.15. The number of carbonyl (C=O) groups excluding carboxylic acids is 1. The van der Waals surface area contributed by atoms with Gasteiger partial charge in [-0.2, -0.15) is 0 Å². The van der Waals surface area contributed by atoms with Crippen molar-refractivity contribution in [3.63, 3.8) is 0 Å². The van der Waals surface area contributed by atoms with Crippen LogP contribution in [0.3, 0.4) is 0 Å². The molecule has 3 N–H and O–H groups in total. The summed E-state index contributed by atoms with van der Waals surface area (Å²) in [5, 5.41) is 21.9. The van der Waals surface area contributed by atoms with E-state index in [-0.39, 0.29) is 17.9 Å². The summed E-state index contributed by atoms with van der Waals surface area (Å²) >= 11 is 2.07. The Morgan fingerprint density at radius 1 is 1.20 bits per heavy atom. The van der Waals surface area contributed by atoms with Gasteiger partial charge in [-0.25, -0.2) is 0 Å². The molecule has 2 aromatic carbocycles. The molecule has 1 unspecified atom stereocenters. The average molecular weight is 383 g/mol. The Morgan fingerprint density at radius 2 is 1.90 bits per heavy atom. The highest BCUT2D eigenvalue weighted by molar-refractivity contribution is 14.1. The van der Waals surface area contributed by atoms with Crippen LogP contribution >= 0.6 is 22.6 Å². The summed E-state index contributed by atoms with van der Waals surface area (Å²) in [6.07, 6.45) is 0. The van der Waals surface area contributed by atoms with Crippen LogP contribution in [0.5, 0.6) is 5.75 Å². The molecule has 0 radical (unpaired) electrons. The van der Waals surface area contributed by atoms with Crippen LogP contribution in [-0.2, 0) is 0 Å². The van der Waals surface area contributed by atoms with Crippen LogP contribution in [0.15, 0.2) is 48.5 Å². The standard InChI is InChI=1S/C15H14INO3/c16-11-6-7-14(19)12(8-11)15(20)17-13(9-18)10-4-2-1-3-5-10/h1-8,13,18-19H,9H2,(H,17,20). The molecular weight excluding hydrogens is 369 g/mol. The molecule has 104 valence electrons. The third-order valence-corrected chi connectivity index (χ3v) is 3.56. The van der Waals surface area contributed by atoms with E-state index >= 15 is 0 Å². The van der Waals surface area contributed by atoms with Gasteiger partial charge in [-0.05, 0) is 46.4 Å². The minimum absolute atomic E-state index is 0.0762. The lowest BCUT2D eigenvalue weighted by Crippen LogP contribution is -2.30. The van der Waals surface area contributed by atoms with E-state index in [0.717, 1.165) is 9.13 Å². The molecule has 5 heteroatoms. The first-order valence-electron chi connectivity index (χ1n) is 6.07. The zero-order valence-electron chi connectivity index (χ0n) is 10.6. The monoisotopic (exact) mass is 383 g/mol. The Morgan fingerprint density at radius 3 is 2.55 bits per heavy atom. The van der Waals surface area contributed by atoms with Crippen LogP contribution in [0.2, 0.25) is 0 Å². The molecule has 0 saturated heterocycles. The number of aromatic hydroxyl groups is 1. The van der Waals surface area contributed by atoms with Crippen molar-refractivity contribution in [2.45, 2.75) is 6.04 Å². The number of carbonyl (C=O) groups is 1. The van der Waals surface area contributed by atoms with Gasteiger partial charge in [0.1, 0.15) is 5.75 Å². The number of halogens is 1. The smallest absolute Gasteiger partial charge is 0.255 e. The van der Waals surface area contributed by atoms with Crippen molar-refractivity contribution in [2.75, 3.05) is 6.61 Å². The largest absolute Gasteiger partial charge is 0.507 e. The maximum absolute atomic E-state index is 12.2. The molecule has 1 amide bonds. The zero-order valence-corrected chi connectivity index (χ0v) is 12.7. The van der Waals surface area contributed by atoms with Crippen molar-refractivity contribution in [3.8, 4) is 5.75 Å². The predicted octanol–water partition coefficient (Wildman–Crippen LogP) is 2.46. The third kappa shape index (κ3) is 3.49. The Labute approximate surface area is 130 Å². The lowest BCUT2D eigenvalue weighted by atomic mass is 10.1. The molecule has 0 saturated carbocycles. The molecule has 0 aliphatic carbocycles. The van der Waals surface area contributed by atoms with Gasteiger partial charge in [-0.1, -0.05) is 30.3 Å². The molecule has 0 heterocycles. The predicted molar refractivity (Wildman–Crippen MR) is 84.6 cm³/mol. The summed E-state index contributed by atoms with van der Waals surface area (Å²) < 4.78 is 0.853. The van der Waals surface area contributed by atoms with Crippen LogP contribution in [0.1, 0.15) is 22.0 Å². The number of benzene rings is 2. The number of rotatable bonds is 4. The number of nitrogens with one attached hydrogen (secondary N) is 1. The molecule has 2 aromatic rings. The van der Waals surface area contributed by atoms with Crippen molar-refractivity contribution < 1.29 is 15.0 Å². The van der Waals surface area contributed by atoms with Gasteiger partial charge in [0.15, 0.2) is 0 Å². The fraction of sp³-hybridized carbons (Fsp3) is 0.133. The van der Waals surface area contributed by atoms with Crippen LogP contribution in [0, 0.1) is 3.57 Å². The highest BCUT2D eigenvalue weighted by Crippen LogP contribution is 2.21. The van der Waals surface area contributed by atoms with Crippen LogP contribution in [0.4, 0.5) is 0 Å². The van der Waals surface area contributed by atoms with E-state index in [0.29, 0.717) is 0 Å². The quantitative estimate of drug-likeness (QED) is 0.711. The van der Waals surface area contributed by atoms with Crippen LogP contribution in [0.25, 0.3) is 0 Å². The minimum Gasteiger partial charge on any atom is -0.507 e. The van der Waals surface area contributed by atoms with Crippen molar-refractivity contribution >= 4 is 28.5 Å². The van der Waals surface area contributed by atoms with E-state index < -0.39 is 11.9 Å². The molecule has 0 aromatic heterocycles. The Hall–Kier alpha value is -1.60. The molecule has 1 atom stereocenters. The van der Waals surface area contributed by atoms with Gasteiger partial charge >= 0.3 is 0 Å². The number of hydrogen-bond acceptors (Lipinski definition) is 3. The number of aliphatic hydroxyl groups is 1. The summed E-state index contributed by atoms with van der Waals surface area (Å²) in [5.41, 5.74) is 1.01. The summed E-state index contributed by atoms with van der Waals surface area (Å²) in [4.78, 5) is 12.2. The summed E-state index contributed by atoms with van der Waals surface area (Å²) in [5.74, 6) is -0.489. The second-order valence-corrected chi connectivity index (χ2v) is 5.53. The van der Waals surface area contributed by atoms with Crippen LogP contribution in [-0.4, -0.2) is 22.7 Å². The van der Waals surface area contributed by atoms with E-state index in [4.69, 9.17) is 0 Å². The summed E-state index contributed by atoms with van der Waals surface area (Å²) in [6, 6.07) is 13.5. The van der Waals surface area contributed by atoms with Gasteiger partial charge in [0.05, 0.1) is 18.2 Å². The molecule has 4 nitrogen and oxygen atoms in total. The van der Waals surface area contributed by atoms with E-state index in [9.17, 15) is 15.0 Å². The minimum atomic E-state index is -0.499. The highest BCUT2D eigenvalue weighted by atomic mass is 127. The number of phenols is 1.